The van der Waals surface area contributed by atoms with Gasteiger partial charge in [-0.3, -0.25) is 0 Å². The smallest absolute Gasteiger partial charge is 0.376 e. The minimum atomic E-state index is -2.38. The van der Waals surface area contributed by atoms with Crippen molar-refractivity contribution in [3.63, 3.8) is 0 Å². The first-order chi connectivity index (χ1) is 6.24. The van der Waals surface area contributed by atoms with E-state index in [-0.39, 0.29) is 0 Å². The largest absolute Gasteiger partial charge is 0.514 e. The van der Waals surface area contributed by atoms with Gasteiger partial charge in [0.15, 0.2) is 0 Å². The first-order valence-electron chi connectivity index (χ1n) is 4.60. The third-order valence-corrected chi connectivity index (χ3v) is 4.53. The van der Waals surface area contributed by atoms with Crippen LogP contribution in [0.2, 0.25) is 0 Å². The number of hydrogen-bond acceptors (Lipinski definition) is 4. The zero-order valence-corrected chi connectivity index (χ0v) is 10.1. The molecule has 0 amide bonds. The molecule has 0 saturated carbocycles. The van der Waals surface area contributed by atoms with E-state index in [1.807, 2.05) is 0 Å². The first kappa shape index (κ1) is 13.1. The molecule has 0 heterocycles. The highest BCUT2D eigenvalue weighted by molar-refractivity contribution is 6.60. The Morgan fingerprint density at radius 3 is 2.00 bits per heavy atom. The molecule has 80 valence electrons. The Labute approximate surface area is 81.9 Å². The summed E-state index contributed by atoms with van der Waals surface area (Å²) >= 11 is 0. The SMILES string of the molecule is CCCCNC[Si](OC)(OC)OC. The number of rotatable bonds is 8. The first-order valence-corrected chi connectivity index (χ1v) is 6.54. The highest BCUT2D eigenvalue weighted by Gasteiger charge is 2.37. The molecule has 0 unspecified atom stereocenters. The molecule has 0 aromatic rings. The van der Waals surface area contributed by atoms with Crippen molar-refractivity contribution in [2.75, 3.05) is 34.0 Å². The lowest BCUT2D eigenvalue weighted by atomic mass is 10.3. The van der Waals surface area contributed by atoms with Crippen LogP contribution in [0.5, 0.6) is 0 Å². The van der Waals surface area contributed by atoms with Crippen LogP contribution in [0.4, 0.5) is 0 Å². The van der Waals surface area contributed by atoms with Gasteiger partial charge in [-0.25, -0.2) is 0 Å². The highest BCUT2D eigenvalue weighted by atomic mass is 28.4. The number of hydrogen-bond donors (Lipinski definition) is 1. The molecule has 0 bridgehead atoms. The summed E-state index contributed by atoms with van der Waals surface area (Å²) in [6, 6.07) is 0. The molecule has 0 aliphatic heterocycles. The molecule has 4 nitrogen and oxygen atoms in total. The molecule has 0 saturated heterocycles. The molecular weight excluding hydrogens is 186 g/mol. The van der Waals surface area contributed by atoms with Gasteiger partial charge >= 0.3 is 8.80 Å². The summed E-state index contributed by atoms with van der Waals surface area (Å²) in [6.07, 6.45) is 3.03. The zero-order valence-electron chi connectivity index (χ0n) is 9.05. The van der Waals surface area contributed by atoms with Crippen LogP contribution in [0.25, 0.3) is 0 Å². The molecule has 5 heteroatoms. The second kappa shape index (κ2) is 7.46. The van der Waals surface area contributed by atoms with Crippen LogP contribution in [-0.2, 0) is 13.3 Å². The summed E-state index contributed by atoms with van der Waals surface area (Å²) < 4.78 is 15.7. The molecule has 0 atom stereocenters. The number of nitrogens with one attached hydrogen (secondary N) is 1. The average Bonchev–Trinajstić information content (AvgIpc) is 2.20. The van der Waals surface area contributed by atoms with E-state index < -0.39 is 8.80 Å². The van der Waals surface area contributed by atoms with Crippen LogP contribution in [0.3, 0.4) is 0 Å². The quantitative estimate of drug-likeness (QED) is 0.472. The topological polar surface area (TPSA) is 39.7 Å². The minimum absolute atomic E-state index is 0.677. The van der Waals surface area contributed by atoms with Crippen LogP contribution in [0.15, 0.2) is 0 Å². The van der Waals surface area contributed by atoms with Crippen molar-refractivity contribution in [3.8, 4) is 0 Å². The van der Waals surface area contributed by atoms with Crippen LogP contribution in [0.1, 0.15) is 19.8 Å². The van der Waals surface area contributed by atoms with E-state index in [1.165, 1.54) is 12.8 Å². The standard InChI is InChI=1S/C8H21NO3Si/c1-5-6-7-9-8-13(10-2,11-3)12-4/h9H,5-8H2,1-4H3. The zero-order chi connectivity index (χ0) is 10.2. The van der Waals surface area contributed by atoms with E-state index in [0.717, 1.165) is 6.54 Å². The monoisotopic (exact) mass is 207 g/mol. The molecule has 0 aliphatic carbocycles. The van der Waals surface area contributed by atoms with Gasteiger partial charge in [-0.2, -0.15) is 0 Å². The van der Waals surface area contributed by atoms with E-state index in [4.69, 9.17) is 13.3 Å². The average molecular weight is 207 g/mol. The molecule has 0 spiro atoms. The molecule has 13 heavy (non-hydrogen) atoms. The van der Waals surface area contributed by atoms with Crippen molar-refractivity contribution in [2.45, 2.75) is 19.8 Å². The Kier molecular flexibility index (Phi) is 7.49. The summed E-state index contributed by atoms with van der Waals surface area (Å²) in [5.41, 5.74) is 0. The maximum Gasteiger partial charge on any atom is 0.514 e. The second-order valence-corrected chi connectivity index (χ2v) is 5.77. The fraction of sp³-hybridized carbons (Fsp3) is 1.00. The maximum absolute atomic E-state index is 5.25. The van der Waals surface area contributed by atoms with Gasteiger partial charge in [-0.05, 0) is 13.0 Å². The normalized spacial score (nSPS) is 12.0. The van der Waals surface area contributed by atoms with E-state index in [1.54, 1.807) is 21.3 Å². The Morgan fingerprint density at radius 1 is 1.08 bits per heavy atom. The molecule has 0 radical (unpaired) electrons. The van der Waals surface area contributed by atoms with Gasteiger partial charge in [0.05, 0.1) is 6.17 Å². The summed E-state index contributed by atoms with van der Waals surface area (Å²) in [5, 5.41) is 3.27. The van der Waals surface area contributed by atoms with Gasteiger partial charge in [0.2, 0.25) is 0 Å². The molecule has 0 aromatic heterocycles. The lowest BCUT2D eigenvalue weighted by Gasteiger charge is -2.24. The van der Waals surface area contributed by atoms with Crippen LogP contribution in [-0.4, -0.2) is 42.8 Å². The lowest BCUT2D eigenvalue weighted by Crippen LogP contribution is -2.52. The third-order valence-electron chi connectivity index (χ3n) is 1.98. The van der Waals surface area contributed by atoms with Crippen molar-refractivity contribution in [1.82, 2.24) is 5.32 Å². The highest BCUT2D eigenvalue weighted by Crippen LogP contribution is 2.03. The molecule has 0 rings (SSSR count). The Hall–Kier alpha value is 0.0569. The fourth-order valence-corrected chi connectivity index (χ4v) is 2.43. The van der Waals surface area contributed by atoms with Gasteiger partial charge in [-0.1, -0.05) is 13.3 Å². The van der Waals surface area contributed by atoms with Crippen LogP contribution >= 0.6 is 0 Å². The molecular formula is C8H21NO3Si. The second-order valence-electron chi connectivity index (χ2n) is 2.83. The Morgan fingerprint density at radius 2 is 1.62 bits per heavy atom. The van der Waals surface area contributed by atoms with Crippen molar-refractivity contribution in [3.05, 3.63) is 0 Å². The van der Waals surface area contributed by atoms with Crippen molar-refractivity contribution >= 4 is 8.80 Å². The fourth-order valence-electron chi connectivity index (χ4n) is 1.01. The van der Waals surface area contributed by atoms with Crippen molar-refractivity contribution < 1.29 is 13.3 Å². The van der Waals surface area contributed by atoms with Crippen LogP contribution < -0.4 is 5.32 Å². The Bertz CT molecular complexity index is 112. The van der Waals surface area contributed by atoms with E-state index >= 15 is 0 Å². The predicted molar refractivity (Wildman–Crippen MR) is 54.6 cm³/mol. The summed E-state index contributed by atoms with van der Waals surface area (Å²) in [7, 11) is 2.50. The van der Waals surface area contributed by atoms with E-state index in [9.17, 15) is 0 Å². The van der Waals surface area contributed by atoms with Gasteiger partial charge in [0.25, 0.3) is 0 Å². The van der Waals surface area contributed by atoms with E-state index in [0.29, 0.717) is 6.17 Å². The molecule has 0 fully saturated rings. The van der Waals surface area contributed by atoms with Gasteiger partial charge in [-0.15, -0.1) is 0 Å². The summed E-state index contributed by atoms with van der Waals surface area (Å²) in [6.45, 7) is 3.15. The third kappa shape index (κ3) is 4.73. The lowest BCUT2D eigenvalue weighted by molar-refractivity contribution is 0.122. The maximum atomic E-state index is 5.25. The minimum Gasteiger partial charge on any atom is -0.376 e. The van der Waals surface area contributed by atoms with Crippen molar-refractivity contribution in [1.29, 1.82) is 0 Å². The molecule has 0 aromatic carbocycles. The van der Waals surface area contributed by atoms with Crippen LogP contribution in [0, 0.1) is 0 Å². The van der Waals surface area contributed by atoms with Crippen molar-refractivity contribution in [2.24, 2.45) is 0 Å². The van der Waals surface area contributed by atoms with E-state index in [2.05, 4.69) is 12.2 Å². The summed E-state index contributed by atoms with van der Waals surface area (Å²) in [5.74, 6) is 0. The van der Waals surface area contributed by atoms with Gasteiger partial charge < -0.3 is 18.6 Å². The van der Waals surface area contributed by atoms with Gasteiger partial charge in [0, 0.05) is 21.3 Å². The predicted octanol–water partition coefficient (Wildman–Crippen LogP) is 0.793. The van der Waals surface area contributed by atoms with Gasteiger partial charge in [0.1, 0.15) is 0 Å². The molecule has 1 N–H and O–H groups in total. The number of unbranched alkanes of at least 4 members (excludes halogenated alkanes) is 1. The molecule has 0 aliphatic rings. The summed E-state index contributed by atoms with van der Waals surface area (Å²) in [4.78, 5) is 0. The Balaban J connectivity index is 3.68.